The molecule has 1 saturated carbocycles. The van der Waals surface area contributed by atoms with Crippen molar-refractivity contribution in [2.24, 2.45) is 0 Å². The van der Waals surface area contributed by atoms with E-state index in [1.807, 2.05) is 0 Å². The van der Waals surface area contributed by atoms with Crippen LogP contribution in [0.2, 0.25) is 0 Å². The van der Waals surface area contributed by atoms with Crippen LogP contribution in [-0.4, -0.2) is 35.8 Å². The number of carbonyl (C=O) groups excluding carboxylic acids is 2. The lowest BCUT2D eigenvalue weighted by Crippen LogP contribution is -2.47. The first-order valence-corrected chi connectivity index (χ1v) is 11.6. The van der Waals surface area contributed by atoms with Crippen LogP contribution in [0.1, 0.15) is 54.8 Å². The lowest BCUT2D eigenvalue weighted by atomic mass is 9.95. The molecular formula is C23H29N3O2S. The zero-order valence-electron chi connectivity index (χ0n) is 16.7. The van der Waals surface area contributed by atoms with Gasteiger partial charge in [-0.3, -0.25) is 14.5 Å². The molecule has 1 aromatic carbocycles. The summed E-state index contributed by atoms with van der Waals surface area (Å²) in [5.74, 6) is -1.02. The highest BCUT2D eigenvalue weighted by atomic mass is 32.1. The smallest absolute Gasteiger partial charge is 0.309 e. The van der Waals surface area contributed by atoms with Crippen molar-refractivity contribution in [2.45, 2.75) is 57.2 Å². The molecule has 1 unspecified atom stereocenters. The van der Waals surface area contributed by atoms with Crippen LogP contribution in [0.3, 0.4) is 0 Å². The van der Waals surface area contributed by atoms with Gasteiger partial charge in [0.05, 0.1) is 6.04 Å². The first-order valence-electron chi connectivity index (χ1n) is 10.6. The summed E-state index contributed by atoms with van der Waals surface area (Å²) in [6.45, 7) is 2.25. The summed E-state index contributed by atoms with van der Waals surface area (Å²) in [6, 6.07) is 10.9. The Morgan fingerprint density at radius 1 is 1.07 bits per heavy atom. The monoisotopic (exact) mass is 411 g/mol. The minimum atomic E-state index is -0.520. The molecule has 2 aliphatic rings. The third-order valence-corrected chi connectivity index (χ3v) is 6.83. The maximum Gasteiger partial charge on any atom is 0.309 e. The van der Waals surface area contributed by atoms with Crippen molar-refractivity contribution >= 4 is 23.2 Å². The van der Waals surface area contributed by atoms with Crippen molar-refractivity contribution < 1.29 is 9.59 Å². The average molecular weight is 412 g/mol. The van der Waals surface area contributed by atoms with Gasteiger partial charge in [0.1, 0.15) is 0 Å². The molecular weight excluding hydrogens is 382 g/mol. The van der Waals surface area contributed by atoms with Gasteiger partial charge >= 0.3 is 11.8 Å². The Hall–Kier alpha value is -2.18. The van der Waals surface area contributed by atoms with Gasteiger partial charge in [-0.2, -0.15) is 11.3 Å². The van der Waals surface area contributed by atoms with Crippen molar-refractivity contribution in [2.75, 3.05) is 13.1 Å². The molecule has 0 saturated heterocycles. The van der Waals surface area contributed by atoms with Crippen LogP contribution < -0.4 is 10.6 Å². The summed E-state index contributed by atoms with van der Waals surface area (Å²) in [6.07, 6.45) is 6.44. The highest BCUT2D eigenvalue weighted by Gasteiger charge is 2.27. The van der Waals surface area contributed by atoms with Gasteiger partial charge in [-0.1, -0.05) is 43.5 Å². The Bertz CT molecular complexity index is 830. The van der Waals surface area contributed by atoms with Crippen molar-refractivity contribution in [3.05, 3.63) is 57.8 Å². The number of fused-ring (bicyclic) bond motifs is 1. The van der Waals surface area contributed by atoms with Gasteiger partial charge in [0, 0.05) is 25.7 Å². The topological polar surface area (TPSA) is 61.4 Å². The third-order valence-electron chi connectivity index (χ3n) is 6.13. The van der Waals surface area contributed by atoms with E-state index in [0.29, 0.717) is 6.54 Å². The Balaban J connectivity index is 1.38. The predicted octanol–water partition coefficient (Wildman–Crippen LogP) is 3.41. The maximum atomic E-state index is 12.4. The Morgan fingerprint density at radius 2 is 1.86 bits per heavy atom. The lowest BCUT2D eigenvalue weighted by Gasteiger charge is -2.35. The Labute approximate surface area is 176 Å². The number of amides is 2. The van der Waals surface area contributed by atoms with Crippen LogP contribution in [0.4, 0.5) is 0 Å². The molecule has 2 aromatic rings. The fraction of sp³-hybridized carbons (Fsp3) is 0.478. The van der Waals surface area contributed by atoms with Gasteiger partial charge in [-0.15, -0.1) is 0 Å². The lowest BCUT2D eigenvalue weighted by molar-refractivity contribution is -0.139. The molecule has 1 fully saturated rings. The molecule has 2 N–H and O–H groups in total. The molecule has 1 aromatic heterocycles. The van der Waals surface area contributed by atoms with E-state index in [4.69, 9.17) is 0 Å². The Morgan fingerprint density at radius 3 is 2.62 bits per heavy atom. The Kier molecular flexibility index (Phi) is 6.62. The number of benzene rings is 1. The molecule has 5 nitrogen and oxygen atoms in total. The summed E-state index contributed by atoms with van der Waals surface area (Å²) in [5, 5.41) is 10.0. The molecule has 1 aliphatic heterocycles. The van der Waals surface area contributed by atoms with Crippen LogP contribution in [-0.2, 0) is 22.6 Å². The third kappa shape index (κ3) is 5.06. The number of hydrogen-bond donors (Lipinski definition) is 2. The van der Waals surface area contributed by atoms with Crippen molar-refractivity contribution in [3.8, 4) is 0 Å². The van der Waals surface area contributed by atoms with Gasteiger partial charge in [0.15, 0.2) is 0 Å². The molecule has 4 rings (SSSR count). The average Bonchev–Trinajstić information content (AvgIpc) is 3.29. The molecule has 1 atom stereocenters. The van der Waals surface area contributed by atoms with E-state index in [9.17, 15) is 9.59 Å². The summed E-state index contributed by atoms with van der Waals surface area (Å²) >= 11 is 1.66. The zero-order chi connectivity index (χ0) is 20.1. The number of hydrogen-bond acceptors (Lipinski definition) is 4. The molecule has 1 aliphatic carbocycles. The fourth-order valence-corrected chi connectivity index (χ4v) is 5.18. The maximum absolute atomic E-state index is 12.4. The van der Waals surface area contributed by atoms with Gasteiger partial charge < -0.3 is 10.6 Å². The van der Waals surface area contributed by atoms with Gasteiger partial charge in [-0.05, 0) is 52.8 Å². The van der Waals surface area contributed by atoms with Gasteiger partial charge in [0.25, 0.3) is 0 Å². The number of thiophene rings is 1. The normalized spacial score (nSPS) is 18.6. The van der Waals surface area contributed by atoms with E-state index in [2.05, 4.69) is 56.6 Å². The first-order chi connectivity index (χ1) is 14.2. The highest BCUT2D eigenvalue weighted by molar-refractivity contribution is 7.08. The van der Waals surface area contributed by atoms with Crippen LogP contribution in [0.25, 0.3) is 0 Å². The van der Waals surface area contributed by atoms with Crippen LogP contribution in [0.5, 0.6) is 0 Å². The van der Waals surface area contributed by atoms with E-state index in [1.54, 1.807) is 11.3 Å². The highest BCUT2D eigenvalue weighted by Crippen LogP contribution is 2.28. The quantitative estimate of drug-likeness (QED) is 0.741. The van der Waals surface area contributed by atoms with Crippen molar-refractivity contribution in [1.82, 2.24) is 15.5 Å². The molecule has 29 heavy (non-hydrogen) atoms. The van der Waals surface area contributed by atoms with E-state index < -0.39 is 11.8 Å². The van der Waals surface area contributed by atoms with Gasteiger partial charge in [0.2, 0.25) is 0 Å². The SMILES string of the molecule is O=C(NCC(c1ccsc1)N1CCc2ccccc2C1)C(=O)NC1CCCCC1. The molecule has 6 heteroatoms. The van der Waals surface area contributed by atoms with Crippen molar-refractivity contribution in [1.29, 1.82) is 0 Å². The molecule has 154 valence electrons. The summed E-state index contributed by atoms with van der Waals surface area (Å²) in [4.78, 5) is 27.2. The molecule has 0 radical (unpaired) electrons. The molecule has 2 heterocycles. The molecule has 0 bridgehead atoms. The van der Waals surface area contributed by atoms with Crippen LogP contribution in [0.15, 0.2) is 41.1 Å². The van der Waals surface area contributed by atoms with Crippen LogP contribution >= 0.6 is 11.3 Å². The predicted molar refractivity (Wildman–Crippen MR) is 116 cm³/mol. The minimum Gasteiger partial charge on any atom is -0.346 e. The number of nitrogens with one attached hydrogen (secondary N) is 2. The number of nitrogens with zero attached hydrogens (tertiary/aromatic N) is 1. The van der Waals surface area contributed by atoms with E-state index >= 15 is 0 Å². The standard InChI is InChI=1S/C23H29N3O2S/c27-22(23(28)25-20-8-2-1-3-9-20)24-14-21(19-11-13-29-16-19)26-12-10-17-6-4-5-7-18(17)15-26/h4-7,11,13,16,20-21H,1-3,8-10,12,14-15H2,(H,24,27)(H,25,28). The zero-order valence-corrected chi connectivity index (χ0v) is 17.5. The molecule has 2 amide bonds. The van der Waals surface area contributed by atoms with E-state index in [1.165, 1.54) is 23.1 Å². The minimum absolute atomic E-state index is 0.0704. The first kappa shape index (κ1) is 20.1. The van der Waals surface area contributed by atoms with E-state index in [-0.39, 0.29) is 12.1 Å². The second kappa shape index (κ2) is 9.55. The second-order valence-electron chi connectivity index (χ2n) is 8.08. The van der Waals surface area contributed by atoms with Crippen molar-refractivity contribution in [3.63, 3.8) is 0 Å². The van der Waals surface area contributed by atoms with E-state index in [0.717, 1.165) is 45.2 Å². The van der Waals surface area contributed by atoms with Gasteiger partial charge in [-0.25, -0.2) is 0 Å². The summed E-state index contributed by atoms with van der Waals surface area (Å²) < 4.78 is 0. The summed E-state index contributed by atoms with van der Waals surface area (Å²) in [5.41, 5.74) is 3.95. The molecule has 0 spiro atoms. The second-order valence-corrected chi connectivity index (χ2v) is 8.86. The largest absolute Gasteiger partial charge is 0.346 e. The summed E-state index contributed by atoms with van der Waals surface area (Å²) in [7, 11) is 0. The number of rotatable bonds is 5. The fourth-order valence-electron chi connectivity index (χ4n) is 4.47. The number of carbonyl (C=O) groups is 2. The van der Waals surface area contributed by atoms with Crippen LogP contribution in [0, 0.1) is 0 Å².